The number of phenols is 1. The number of benzene rings is 1. The van der Waals surface area contributed by atoms with E-state index in [4.69, 9.17) is 0 Å². The van der Waals surface area contributed by atoms with Crippen LogP contribution < -0.4 is 0 Å². The fraction of sp³-hybridized carbons (Fsp3) is 0.167. The van der Waals surface area contributed by atoms with Crippen molar-refractivity contribution in [1.82, 2.24) is 4.98 Å². The quantitative estimate of drug-likeness (QED) is 0.707. The maximum Gasteiger partial charge on any atom is 0.125 e. The SMILES string of the molecule is Cc1ccc(-c2ccc(C)[nH]2)c(O)c1. The lowest BCUT2D eigenvalue weighted by molar-refractivity contribution is 0.476. The van der Waals surface area contributed by atoms with Crippen molar-refractivity contribution in [2.45, 2.75) is 13.8 Å². The van der Waals surface area contributed by atoms with Crippen molar-refractivity contribution in [1.29, 1.82) is 0 Å². The zero-order valence-electron chi connectivity index (χ0n) is 8.33. The molecule has 0 atom stereocenters. The van der Waals surface area contributed by atoms with Crippen molar-refractivity contribution in [3.8, 4) is 17.0 Å². The van der Waals surface area contributed by atoms with Gasteiger partial charge in [0.2, 0.25) is 0 Å². The van der Waals surface area contributed by atoms with E-state index in [0.717, 1.165) is 22.5 Å². The number of rotatable bonds is 1. The molecule has 0 saturated carbocycles. The first-order valence-corrected chi connectivity index (χ1v) is 4.62. The summed E-state index contributed by atoms with van der Waals surface area (Å²) in [5.74, 6) is 0.326. The van der Waals surface area contributed by atoms with Gasteiger partial charge < -0.3 is 10.1 Å². The second-order valence-corrected chi connectivity index (χ2v) is 3.58. The zero-order valence-corrected chi connectivity index (χ0v) is 8.33. The first-order chi connectivity index (χ1) is 6.66. The fourth-order valence-electron chi connectivity index (χ4n) is 1.53. The molecule has 0 saturated heterocycles. The van der Waals surface area contributed by atoms with Crippen molar-refractivity contribution in [2.75, 3.05) is 0 Å². The maximum absolute atomic E-state index is 9.73. The third-order valence-corrected chi connectivity index (χ3v) is 2.28. The monoisotopic (exact) mass is 187 g/mol. The molecular weight excluding hydrogens is 174 g/mol. The Hall–Kier alpha value is -1.70. The minimum absolute atomic E-state index is 0.326. The Kier molecular flexibility index (Phi) is 2.04. The van der Waals surface area contributed by atoms with Gasteiger partial charge in [0.05, 0.1) is 0 Å². The lowest BCUT2D eigenvalue weighted by Crippen LogP contribution is -1.80. The van der Waals surface area contributed by atoms with Gasteiger partial charge in [-0.1, -0.05) is 6.07 Å². The fourth-order valence-corrected chi connectivity index (χ4v) is 1.53. The van der Waals surface area contributed by atoms with Crippen molar-refractivity contribution < 1.29 is 5.11 Å². The van der Waals surface area contributed by atoms with Crippen LogP contribution in [0.2, 0.25) is 0 Å². The molecule has 0 spiro atoms. The van der Waals surface area contributed by atoms with Crippen molar-refractivity contribution in [3.05, 3.63) is 41.6 Å². The van der Waals surface area contributed by atoms with E-state index >= 15 is 0 Å². The van der Waals surface area contributed by atoms with Gasteiger partial charge in [0.15, 0.2) is 0 Å². The highest BCUT2D eigenvalue weighted by molar-refractivity contribution is 5.67. The van der Waals surface area contributed by atoms with E-state index in [1.54, 1.807) is 6.07 Å². The molecule has 2 aromatic rings. The van der Waals surface area contributed by atoms with Crippen LogP contribution in [0.1, 0.15) is 11.3 Å². The summed E-state index contributed by atoms with van der Waals surface area (Å²) in [5.41, 5.74) is 3.97. The van der Waals surface area contributed by atoms with Crippen LogP contribution in [-0.2, 0) is 0 Å². The largest absolute Gasteiger partial charge is 0.507 e. The molecule has 72 valence electrons. The van der Waals surface area contributed by atoms with Crippen LogP contribution in [0.4, 0.5) is 0 Å². The van der Waals surface area contributed by atoms with Crippen LogP contribution in [0.5, 0.6) is 5.75 Å². The minimum atomic E-state index is 0.326. The first kappa shape index (κ1) is 8.88. The standard InChI is InChI=1S/C12H13NO/c1-8-3-5-10(12(14)7-8)11-6-4-9(2)13-11/h3-7,13-14H,1-2H3. The molecule has 0 aliphatic rings. The molecule has 0 unspecified atom stereocenters. The first-order valence-electron chi connectivity index (χ1n) is 4.62. The molecule has 1 aromatic carbocycles. The zero-order chi connectivity index (χ0) is 10.1. The van der Waals surface area contributed by atoms with Gasteiger partial charge in [-0.2, -0.15) is 0 Å². The highest BCUT2D eigenvalue weighted by Gasteiger charge is 2.04. The molecule has 0 amide bonds. The van der Waals surface area contributed by atoms with Gasteiger partial charge in [0, 0.05) is 17.0 Å². The van der Waals surface area contributed by atoms with E-state index in [1.165, 1.54) is 0 Å². The molecule has 0 aliphatic heterocycles. The molecule has 1 heterocycles. The van der Waals surface area contributed by atoms with Crippen LogP contribution in [0, 0.1) is 13.8 Å². The molecule has 2 rings (SSSR count). The molecule has 0 radical (unpaired) electrons. The number of H-pyrrole nitrogens is 1. The topological polar surface area (TPSA) is 36.0 Å². The Balaban J connectivity index is 2.52. The van der Waals surface area contributed by atoms with Gasteiger partial charge in [-0.05, 0) is 43.7 Å². The number of hydrogen-bond acceptors (Lipinski definition) is 1. The summed E-state index contributed by atoms with van der Waals surface area (Å²) in [7, 11) is 0. The number of phenolic OH excluding ortho intramolecular Hbond substituents is 1. The second-order valence-electron chi connectivity index (χ2n) is 3.58. The smallest absolute Gasteiger partial charge is 0.125 e. The Bertz CT molecular complexity index is 457. The third-order valence-electron chi connectivity index (χ3n) is 2.28. The van der Waals surface area contributed by atoms with Crippen LogP contribution in [-0.4, -0.2) is 10.1 Å². The van der Waals surface area contributed by atoms with Gasteiger partial charge in [-0.25, -0.2) is 0 Å². The normalized spacial score (nSPS) is 10.4. The summed E-state index contributed by atoms with van der Waals surface area (Å²) in [6.45, 7) is 3.96. The van der Waals surface area contributed by atoms with Gasteiger partial charge >= 0.3 is 0 Å². The molecule has 0 fully saturated rings. The summed E-state index contributed by atoms with van der Waals surface area (Å²) in [5, 5.41) is 9.73. The maximum atomic E-state index is 9.73. The summed E-state index contributed by atoms with van der Waals surface area (Å²) in [4.78, 5) is 3.19. The summed E-state index contributed by atoms with van der Waals surface area (Å²) < 4.78 is 0. The van der Waals surface area contributed by atoms with E-state index in [9.17, 15) is 5.11 Å². The van der Waals surface area contributed by atoms with E-state index in [2.05, 4.69) is 4.98 Å². The van der Waals surface area contributed by atoms with E-state index in [1.807, 2.05) is 38.1 Å². The van der Waals surface area contributed by atoms with Crippen molar-refractivity contribution in [2.24, 2.45) is 0 Å². The number of hydrogen-bond donors (Lipinski definition) is 2. The second kappa shape index (κ2) is 3.22. The van der Waals surface area contributed by atoms with Gasteiger partial charge in [-0.3, -0.25) is 0 Å². The van der Waals surface area contributed by atoms with E-state index in [0.29, 0.717) is 5.75 Å². The van der Waals surface area contributed by atoms with Crippen molar-refractivity contribution in [3.63, 3.8) is 0 Å². The molecule has 14 heavy (non-hydrogen) atoms. The van der Waals surface area contributed by atoms with Gasteiger partial charge in [0.25, 0.3) is 0 Å². The van der Waals surface area contributed by atoms with Crippen LogP contribution in [0.25, 0.3) is 11.3 Å². The number of aromatic nitrogens is 1. The molecule has 0 aliphatic carbocycles. The molecule has 2 heteroatoms. The lowest BCUT2D eigenvalue weighted by Gasteiger charge is -2.03. The highest BCUT2D eigenvalue weighted by Crippen LogP contribution is 2.28. The predicted molar refractivity (Wildman–Crippen MR) is 57.4 cm³/mol. The number of aromatic hydroxyl groups is 1. The Morgan fingerprint density at radius 2 is 1.86 bits per heavy atom. The average molecular weight is 187 g/mol. The summed E-state index contributed by atoms with van der Waals surface area (Å²) in [6, 6.07) is 9.65. The van der Waals surface area contributed by atoms with Crippen LogP contribution >= 0.6 is 0 Å². The Labute approximate surface area is 83.2 Å². The summed E-state index contributed by atoms with van der Waals surface area (Å²) >= 11 is 0. The molecule has 2 nitrogen and oxygen atoms in total. The van der Waals surface area contributed by atoms with Crippen molar-refractivity contribution >= 4 is 0 Å². The van der Waals surface area contributed by atoms with Gasteiger partial charge in [-0.15, -0.1) is 0 Å². The Morgan fingerprint density at radius 1 is 1.07 bits per heavy atom. The number of aromatic amines is 1. The van der Waals surface area contributed by atoms with Crippen LogP contribution in [0.3, 0.4) is 0 Å². The van der Waals surface area contributed by atoms with Crippen LogP contribution in [0.15, 0.2) is 30.3 Å². The predicted octanol–water partition coefficient (Wildman–Crippen LogP) is 3.00. The van der Waals surface area contributed by atoms with E-state index < -0.39 is 0 Å². The highest BCUT2D eigenvalue weighted by atomic mass is 16.3. The number of aryl methyl sites for hydroxylation is 2. The minimum Gasteiger partial charge on any atom is -0.507 e. The Morgan fingerprint density at radius 3 is 2.43 bits per heavy atom. The molecular formula is C12H13NO. The number of nitrogens with one attached hydrogen (secondary N) is 1. The lowest BCUT2D eigenvalue weighted by atomic mass is 10.1. The van der Waals surface area contributed by atoms with E-state index in [-0.39, 0.29) is 0 Å². The summed E-state index contributed by atoms with van der Waals surface area (Å²) in [6.07, 6.45) is 0. The molecule has 2 N–H and O–H groups in total. The molecule has 0 bridgehead atoms. The van der Waals surface area contributed by atoms with Gasteiger partial charge in [0.1, 0.15) is 5.75 Å². The molecule has 1 aromatic heterocycles. The average Bonchev–Trinajstić information content (AvgIpc) is 2.51. The third kappa shape index (κ3) is 1.51.